The van der Waals surface area contributed by atoms with Crippen LogP contribution in [0.5, 0.6) is 0 Å². The number of anilines is 1. The van der Waals surface area contributed by atoms with Gasteiger partial charge >= 0.3 is 5.97 Å². The maximum Gasteiger partial charge on any atom is 0.339 e. The number of H-pyrrole nitrogens is 1. The Bertz CT molecular complexity index is 861. The van der Waals surface area contributed by atoms with Crippen LogP contribution >= 0.6 is 11.6 Å². The molecular formula is C17H16ClFN2O4. The Labute approximate surface area is 148 Å². The highest BCUT2D eigenvalue weighted by atomic mass is 35.5. The van der Waals surface area contributed by atoms with Crippen LogP contribution < -0.4 is 5.32 Å². The van der Waals surface area contributed by atoms with E-state index in [1.54, 1.807) is 6.92 Å². The van der Waals surface area contributed by atoms with Crippen LogP contribution in [0, 0.1) is 12.7 Å². The molecule has 0 fully saturated rings. The van der Waals surface area contributed by atoms with Gasteiger partial charge in [-0.25, -0.2) is 9.18 Å². The Morgan fingerprint density at radius 1 is 1.32 bits per heavy atom. The van der Waals surface area contributed by atoms with E-state index in [-0.39, 0.29) is 39.9 Å². The number of hydrogen-bond acceptors (Lipinski definition) is 4. The lowest BCUT2D eigenvalue weighted by atomic mass is 10.1. The molecule has 0 bridgehead atoms. The quantitative estimate of drug-likeness (QED) is 0.627. The molecule has 2 aromatic rings. The van der Waals surface area contributed by atoms with Gasteiger partial charge in [-0.3, -0.25) is 9.59 Å². The Hall–Kier alpha value is -2.67. The molecule has 0 spiro atoms. The number of methoxy groups -OCH3 is 1. The monoisotopic (exact) mass is 366 g/mol. The molecule has 1 heterocycles. The summed E-state index contributed by atoms with van der Waals surface area (Å²) in [4.78, 5) is 38.6. The van der Waals surface area contributed by atoms with Gasteiger partial charge in [0.05, 0.1) is 35.5 Å². The van der Waals surface area contributed by atoms with Crippen LogP contribution in [0.3, 0.4) is 0 Å². The Kier molecular flexibility index (Phi) is 5.58. The number of Topliss-reactive ketones (excluding diaryl/α,β-unsaturated/α-hetero) is 1. The largest absolute Gasteiger partial charge is 0.465 e. The number of aromatic nitrogens is 1. The third-order valence-corrected chi connectivity index (χ3v) is 3.92. The van der Waals surface area contributed by atoms with E-state index in [0.717, 1.165) is 0 Å². The molecule has 25 heavy (non-hydrogen) atoms. The summed E-state index contributed by atoms with van der Waals surface area (Å²) in [7, 11) is 1.20. The number of nitrogens with one attached hydrogen (secondary N) is 2. The molecule has 0 saturated heterocycles. The summed E-state index contributed by atoms with van der Waals surface area (Å²) in [5, 5.41) is 2.26. The van der Waals surface area contributed by atoms with Gasteiger partial charge in [-0.15, -0.1) is 0 Å². The van der Waals surface area contributed by atoms with Gasteiger partial charge in [-0.1, -0.05) is 17.7 Å². The maximum atomic E-state index is 13.9. The van der Waals surface area contributed by atoms with E-state index in [9.17, 15) is 18.8 Å². The second kappa shape index (κ2) is 7.48. The molecule has 0 aliphatic heterocycles. The number of hydrogen-bond donors (Lipinski definition) is 2. The van der Waals surface area contributed by atoms with Crippen LogP contribution in [-0.2, 0) is 16.0 Å². The summed E-state index contributed by atoms with van der Waals surface area (Å²) in [6, 6.07) is 4.21. The van der Waals surface area contributed by atoms with Crippen molar-refractivity contribution in [1.82, 2.24) is 4.98 Å². The van der Waals surface area contributed by atoms with Crippen LogP contribution in [0.4, 0.5) is 10.1 Å². The van der Waals surface area contributed by atoms with Crippen molar-refractivity contribution in [3.63, 3.8) is 0 Å². The molecule has 1 aromatic carbocycles. The van der Waals surface area contributed by atoms with Crippen molar-refractivity contribution in [2.45, 2.75) is 20.3 Å². The Morgan fingerprint density at radius 3 is 2.60 bits per heavy atom. The maximum absolute atomic E-state index is 13.9. The van der Waals surface area contributed by atoms with Gasteiger partial charge in [-0.2, -0.15) is 0 Å². The van der Waals surface area contributed by atoms with Gasteiger partial charge in [0, 0.05) is 12.6 Å². The van der Waals surface area contributed by atoms with Crippen molar-refractivity contribution >= 4 is 34.9 Å². The lowest BCUT2D eigenvalue weighted by molar-refractivity contribution is -0.115. The Balaban J connectivity index is 2.31. The molecule has 132 valence electrons. The molecule has 2 N–H and O–H groups in total. The zero-order chi connectivity index (χ0) is 18.7. The number of halogens is 2. The first-order chi connectivity index (χ1) is 11.8. The van der Waals surface area contributed by atoms with Crippen LogP contribution in [0.25, 0.3) is 0 Å². The lowest BCUT2D eigenvalue weighted by Crippen LogP contribution is -2.17. The molecule has 6 nitrogen and oxygen atoms in total. The van der Waals surface area contributed by atoms with Gasteiger partial charge in [0.2, 0.25) is 5.91 Å². The number of rotatable bonds is 5. The number of amides is 1. The van der Waals surface area contributed by atoms with Gasteiger partial charge in [-0.05, 0) is 24.6 Å². The highest BCUT2D eigenvalue weighted by molar-refractivity contribution is 6.31. The number of aromatic amines is 1. The average Bonchev–Trinajstić information content (AvgIpc) is 2.87. The van der Waals surface area contributed by atoms with Crippen molar-refractivity contribution in [2.24, 2.45) is 0 Å². The first-order valence-corrected chi connectivity index (χ1v) is 7.68. The van der Waals surface area contributed by atoms with Crippen molar-refractivity contribution in [3.8, 4) is 0 Å². The van der Waals surface area contributed by atoms with Crippen LogP contribution in [-0.4, -0.2) is 29.8 Å². The van der Waals surface area contributed by atoms with E-state index in [1.165, 1.54) is 32.2 Å². The topological polar surface area (TPSA) is 88.3 Å². The predicted molar refractivity (Wildman–Crippen MR) is 90.6 cm³/mol. The zero-order valence-corrected chi connectivity index (χ0v) is 14.6. The van der Waals surface area contributed by atoms with Gasteiger partial charge in [0.15, 0.2) is 11.6 Å². The predicted octanol–water partition coefficient (Wildman–Crippen LogP) is 3.29. The fourth-order valence-electron chi connectivity index (χ4n) is 2.48. The highest BCUT2D eigenvalue weighted by Gasteiger charge is 2.24. The van der Waals surface area contributed by atoms with E-state index in [0.29, 0.717) is 5.56 Å². The van der Waals surface area contributed by atoms with E-state index < -0.39 is 17.7 Å². The van der Waals surface area contributed by atoms with Gasteiger partial charge in [0.25, 0.3) is 0 Å². The fourth-order valence-corrected chi connectivity index (χ4v) is 2.65. The third-order valence-electron chi connectivity index (χ3n) is 3.63. The van der Waals surface area contributed by atoms with E-state index in [2.05, 4.69) is 10.3 Å². The first kappa shape index (κ1) is 18.7. The number of esters is 1. The van der Waals surface area contributed by atoms with Crippen molar-refractivity contribution in [3.05, 3.63) is 51.6 Å². The average molecular weight is 367 g/mol. The molecule has 0 aliphatic carbocycles. The number of carbonyl (C=O) groups is 3. The molecule has 1 amide bonds. The summed E-state index contributed by atoms with van der Waals surface area (Å²) in [6.45, 7) is 2.92. The summed E-state index contributed by atoms with van der Waals surface area (Å²) in [6.07, 6.45) is -0.273. The minimum absolute atomic E-state index is 0.0767. The SMILES string of the molecule is COC(=O)c1c(CC(=O)Nc2cccc(Cl)c2F)[nH]c(C(C)=O)c1C. The highest BCUT2D eigenvalue weighted by Crippen LogP contribution is 2.24. The van der Waals surface area contributed by atoms with Crippen molar-refractivity contribution in [1.29, 1.82) is 0 Å². The van der Waals surface area contributed by atoms with Gasteiger partial charge < -0.3 is 15.0 Å². The second-order valence-electron chi connectivity index (χ2n) is 5.35. The van der Waals surface area contributed by atoms with Crippen LogP contribution in [0.1, 0.15) is 39.0 Å². The third kappa shape index (κ3) is 3.88. The lowest BCUT2D eigenvalue weighted by Gasteiger charge is -2.08. The molecular weight excluding hydrogens is 351 g/mol. The normalized spacial score (nSPS) is 10.4. The summed E-state index contributed by atoms with van der Waals surface area (Å²) in [5.74, 6) is -2.28. The van der Waals surface area contributed by atoms with E-state index >= 15 is 0 Å². The molecule has 0 saturated carbocycles. The summed E-state index contributed by atoms with van der Waals surface area (Å²) >= 11 is 5.67. The summed E-state index contributed by atoms with van der Waals surface area (Å²) in [5.41, 5.74) is 0.879. The molecule has 0 unspecified atom stereocenters. The first-order valence-electron chi connectivity index (χ1n) is 7.30. The van der Waals surface area contributed by atoms with E-state index in [1.807, 2.05) is 0 Å². The summed E-state index contributed by atoms with van der Waals surface area (Å²) < 4.78 is 18.6. The van der Waals surface area contributed by atoms with Crippen LogP contribution in [0.2, 0.25) is 5.02 Å². The molecule has 0 atom stereocenters. The Morgan fingerprint density at radius 2 is 2.00 bits per heavy atom. The van der Waals surface area contributed by atoms with Gasteiger partial charge in [0.1, 0.15) is 0 Å². The van der Waals surface area contributed by atoms with Crippen molar-refractivity contribution < 1.29 is 23.5 Å². The zero-order valence-electron chi connectivity index (χ0n) is 13.8. The number of ether oxygens (including phenoxy) is 1. The van der Waals surface area contributed by atoms with E-state index in [4.69, 9.17) is 16.3 Å². The van der Waals surface area contributed by atoms with Crippen molar-refractivity contribution in [2.75, 3.05) is 12.4 Å². The number of carbonyl (C=O) groups excluding carboxylic acids is 3. The number of ketones is 1. The second-order valence-corrected chi connectivity index (χ2v) is 5.76. The van der Waals surface area contributed by atoms with Crippen LogP contribution in [0.15, 0.2) is 18.2 Å². The minimum Gasteiger partial charge on any atom is -0.465 e. The smallest absolute Gasteiger partial charge is 0.339 e. The fraction of sp³-hybridized carbons (Fsp3) is 0.235. The molecule has 0 radical (unpaired) electrons. The minimum atomic E-state index is -0.752. The molecule has 2 rings (SSSR count). The molecule has 1 aromatic heterocycles. The molecule has 8 heteroatoms. The standard InChI is InChI=1S/C17H16ClFN2O4/c1-8-14(17(24)25-3)12(21-16(8)9(2)22)7-13(23)20-11-6-4-5-10(18)15(11)19/h4-6,21H,7H2,1-3H3,(H,20,23). The molecule has 0 aliphatic rings. The number of benzene rings is 1.